The maximum atomic E-state index is 12.2. The number of thioether (sulfide) groups is 1. The summed E-state index contributed by atoms with van der Waals surface area (Å²) >= 11 is 1.70. The van der Waals surface area contributed by atoms with Gasteiger partial charge in [-0.2, -0.15) is 11.8 Å². The largest absolute Gasteiger partial charge is 0.383 e. The van der Waals surface area contributed by atoms with E-state index in [4.69, 9.17) is 0 Å². The van der Waals surface area contributed by atoms with E-state index >= 15 is 0 Å². The zero-order valence-corrected chi connectivity index (χ0v) is 12.5. The van der Waals surface area contributed by atoms with Crippen LogP contribution in [0.15, 0.2) is 23.1 Å². The van der Waals surface area contributed by atoms with E-state index in [0.717, 1.165) is 17.9 Å². The maximum Gasteiger partial charge on any atom is 0.292 e. The zero-order valence-electron chi connectivity index (χ0n) is 10.8. The smallest absolute Gasteiger partial charge is 0.292 e. The molecule has 0 amide bonds. The van der Waals surface area contributed by atoms with E-state index < -0.39 is 14.9 Å². The van der Waals surface area contributed by atoms with Crippen LogP contribution in [0, 0.1) is 10.1 Å². The minimum Gasteiger partial charge on any atom is -0.383 e. The molecule has 9 heteroatoms. The van der Waals surface area contributed by atoms with Gasteiger partial charge in [0.1, 0.15) is 5.69 Å². The van der Waals surface area contributed by atoms with Crippen molar-refractivity contribution in [3.05, 3.63) is 28.3 Å². The summed E-state index contributed by atoms with van der Waals surface area (Å²) in [5.74, 6) is 1.69. The molecule has 2 rings (SSSR count). The monoisotopic (exact) mass is 317 g/mol. The number of nitrogens with one attached hydrogen (secondary N) is 2. The fraction of sp³-hybridized carbons (Fsp3) is 0.455. The van der Waals surface area contributed by atoms with E-state index in [0.29, 0.717) is 0 Å². The molecule has 1 unspecified atom stereocenters. The van der Waals surface area contributed by atoms with Gasteiger partial charge in [-0.15, -0.1) is 0 Å². The van der Waals surface area contributed by atoms with Gasteiger partial charge in [-0.05, 0) is 24.3 Å². The highest BCUT2D eigenvalue weighted by Gasteiger charge is 2.25. The maximum absolute atomic E-state index is 12.2. The summed E-state index contributed by atoms with van der Waals surface area (Å²) in [6.07, 6.45) is 0.801. The van der Waals surface area contributed by atoms with E-state index in [1.807, 2.05) is 0 Å². The Morgan fingerprint density at radius 1 is 1.45 bits per heavy atom. The van der Waals surface area contributed by atoms with Crippen LogP contribution in [0.4, 0.5) is 11.4 Å². The van der Waals surface area contributed by atoms with Crippen LogP contribution in [0.3, 0.4) is 0 Å². The van der Waals surface area contributed by atoms with E-state index in [9.17, 15) is 18.5 Å². The highest BCUT2D eigenvalue weighted by molar-refractivity contribution is 7.99. The van der Waals surface area contributed by atoms with Crippen molar-refractivity contribution in [2.24, 2.45) is 0 Å². The highest BCUT2D eigenvalue weighted by atomic mass is 32.2. The SMILES string of the molecule is CNc1cc(S(=O)(=O)NC2CCSC2)ccc1[N+](=O)[O-]. The van der Waals surface area contributed by atoms with Gasteiger partial charge in [-0.1, -0.05) is 0 Å². The first kappa shape index (κ1) is 15.1. The summed E-state index contributed by atoms with van der Waals surface area (Å²) in [7, 11) is -2.13. The van der Waals surface area contributed by atoms with Crippen LogP contribution in [-0.2, 0) is 10.0 Å². The third-order valence-corrected chi connectivity index (χ3v) is 5.68. The first-order valence-corrected chi connectivity index (χ1v) is 8.64. The zero-order chi connectivity index (χ0) is 14.8. The molecule has 0 aliphatic carbocycles. The molecule has 1 aliphatic heterocycles. The molecule has 1 atom stereocenters. The number of rotatable bonds is 5. The number of benzene rings is 1. The van der Waals surface area contributed by atoms with Crippen LogP contribution in [0.5, 0.6) is 0 Å². The van der Waals surface area contributed by atoms with Gasteiger partial charge >= 0.3 is 0 Å². The second kappa shape index (κ2) is 5.98. The molecule has 1 aromatic carbocycles. The predicted molar refractivity (Wildman–Crippen MR) is 78.7 cm³/mol. The van der Waals surface area contributed by atoms with Crippen molar-refractivity contribution in [2.45, 2.75) is 17.4 Å². The normalized spacial score (nSPS) is 18.9. The van der Waals surface area contributed by atoms with Gasteiger partial charge in [0.05, 0.1) is 9.82 Å². The average molecular weight is 317 g/mol. The number of nitro benzene ring substituents is 1. The summed E-state index contributed by atoms with van der Waals surface area (Å²) in [6, 6.07) is 3.66. The van der Waals surface area contributed by atoms with Gasteiger partial charge in [0.2, 0.25) is 10.0 Å². The molecule has 1 heterocycles. The van der Waals surface area contributed by atoms with Crippen molar-refractivity contribution in [3.63, 3.8) is 0 Å². The third-order valence-electron chi connectivity index (χ3n) is 3.00. The molecule has 0 bridgehead atoms. The number of nitrogens with zero attached hydrogens (tertiary/aromatic N) is 1. The van der Waals surface area contributed by atoms with E-state index in [1.165, 1.54) is 25.2 Å². The van der Waals surface area contributed by atoms with Crippen LogP contribution < -0.4 is 10.0 Å². The molecule has 0 aromatic heterocycles. The molecule has 0 saturated carbocycles. The molecule has 110 valence electrons. The molecular weight excluding hydrogens is 302 g/mol. The van der Waals surface area contributed by atoms with Crippen LogP contribution in [0.2, 0.25) is 0 Å². The van der Waals surface area contributed by atoms with Crippen LogP contribution in [0.1, 0.15) is 6.42 Å². The Morgan fingerprint density at radius 2 is 2.20 bits per heavy atom. The molecular formula is C11H15N3O4S2. The van der Waals surface area contributed by atoms with Gasteiger partial charge in [-0.25, -0.2) is 13.1 Å². The summed E-state index contributed by atoms with van der Waals surface area (Å²) in [5.41, 5.74) is 0.0292. The van der Waals surface area contributed by atoms with Crippen molar-refractivity contribution in [1.29, 1.82) is 0 Å². The fourth-order valence-corrected chi connectivity index (χ4v) is 4.51. The first-order valence-electron chi connectivity index (χ1n) is 6.00. The lowest BCUT2D eigenvalue weighted by Gasteiger charge is -2.12. The second-order valence-electron chi connectivity index (χ2n) is 4.37. The van der Waals surface area contributed by atoms with Crippen molar-refractivity contribution < 1.29 is 13.3 Å². The van der Waals surface area contributed by atoms with Gasteiger partial charge in [0, 0.05) is 24.9 Å². The summed E-state index contributed by atoms with van der Waals surface area (Å²) in [4.78, 5) is 10.3. The lowest BCUT2D eigenvalue weighted by molar-refractivity contribution is -0.384. The topological polar surface area (TPSA) is 101 Å². The Hall–Kier alpha value is -1.32. The molecule has 7 nitrogen and oxygen atoms in total. The van der Waals surface area contributed by atoms with Gasteiger partial charge < -0.3 is 5.32 Å². The summed E-state index contributed by atoms with van der Waals surface area (Å²) in [5, 5.41) is 13.5. The number of hydrogen-bond acceptors (Lipinski definition) is 6. The van der Waals surface area contributed by atoms with Crippen LogP contribution in [0.25, 0.3) is 0 Å². The van der Waals surface area contributed by atoms with Crippen molar-refractivity contribution in [2.75, 3.05) is 23.9 Å². The highest BCUT2D eigenvalue weighted by Crippen LogP contribution is 2.27. The minimum atomic E-state index is -3.64. The Labute approximate surface area is 121 Å². The standard InChI is InChI=1S/C11H15N3O4S2/c1-12-10-6-9(2-3-11(10)14(15)16)20(17,18)13-8-4-5-19-7-8/h2-3,6,8,12-13H,4-5,7H2,1H3. The van der Waals surface area contributed by atoms with Crippen molar-refractivity contribution in [1.82, 2.24) is 4.72 Å². The van der Waals surface area contributed by atoms with Crippen LogP contribution >= 0.6 is 11.8 Å². The summed E-state index contributed by atoms with van der Waals surface area (Å²) in [6.45, 7) is 0. The van der Waals surface area contributed by atoms with Crippen molar-refractivity contribution in [3.8, 4) is 0 Å². The Morgan fingerprint density at radius 3 is 2.75 bits per heavy atom. The fourth-order valence-electron chi connectivity index (χ4n) is 1.96. The molecule has 1 saturated heterocycles. The second-order valence-corrected chi connectivity index (χ2v) is 7.23. The number of anilines is 1. The number of sulfonamides is 1. The van der Waals surface area contributed by atoms with Gasteiger partial charge in [0.25, 0.3) is 5.69 Å². The Bertz CT molecular complexity index is 612. The third kappa shape index (κ3) is 3.22. The van der Waals surface area contributed by atoms with E-state index in [-0.39, 0.29) is 22.3 Å². The molecule has 0 radical (unpaired) electrons. The number of nitro groups is 1. The predicted octanol–water partition coefficient (Wildman–Crippen LogP) is 1.42. The minimum absolute atomic E-state index is 0.0318. The lowest BCUT2D eigenvalue weighted by atomic mass is 10.3. The number of hydrogen-bond donors (Lipinski definition) is 2. The molecule has 1 fully saturated rings. The van der Waals surface area contributed by atoms with Gasteiger partial charge in [-0.3, -0.25) is 10.1 Å². The van der Waals surface area contributed by atoms with Gasteiger partial charge in [0.15, 0.2) is 0 Å². The van der Waals surface area contributed by atoms with E-state index in [1.54, 1.807) is 11.8 Å². The Kier molecular flexibility index (Phi) is 4.51. The average Bonchev–Trinajstić information content (AvgIpc) is 2.89. The molecule has 1 aromatic rings. The molecule has 20 heavy (non-hydrogen) atoms. The molecule has 0 spiro atoms. The van der Waals surface area contributed by atoms with Crippen LogP contribution in [-0.4, -0.2) is 37.9 Å². The van der Waals surface area contributed by atoms with E-state index in [2.05, 4.69) is 10.0 Å². The quantitative estimate of drug-likeness (QED) is 0.629. The van der Waals surface area contributed by atoms with Crippen molar-refractivity contribution >= 4 is 33.2 Å². The Balaban J connectivity index is 2.29. The first-order chi connectivity index (χ1) is 9.44. The summed E-state index contributed by atoms with van der Waals surface area (Å²) < 4.78 is 27.1. The molecule has 1 aliphatic rings. The molecule has 2 N–H and O–H groups in total. The lowest BCUT2D eigenvalue weighted by Crippen LogP contribution is -2.34.